The first-order chi connectivity index (χ1) is 12.5. The molecule has 0 radical (unpaired) electrons. The molecule has 2 rings (SSSR count). The van der Waals surface area contributed by atoms with Crippen LogP contribution in [-0.2, 0) is 14.7 Å². The lowest BCUT2D eigenvalue weighted by molar-refractivity contribution is 0.0227. The fourth-order valence-corrected chi connectivity index (χ4v) is 9.21. The van der Waals surface area contributed by atoms with Crippen LogP contribution in [0.1, 0.15) is 65.3 Å². The van der Waals surface area contributed by atoms with Gasteiger partial charge in [-0.25, -0.2) is 14.1 Å². The van der Waals surface area contributed by atoms with E-state index in [0.717, 1.165) is 17.7 Å². The Bertz CT molecular complexity index is 843. The summed E-state index contributed by atoms with van der Waals surface area (Å²) >= 11 is 1.41. The molecule has 1 saturated heterocycles. The highest BCUT2D eigenvalue weighted by Crippen LogP contribution is 2.40. The van der Waals surface area contributed by atoms with Crippen molar-refractivity contribution in [3.8, 4) is 0 Å². The van der Waals surface area contributed by atoms with Crippen LogP contribution in [0.15, 0.2) is 20.4 Å². The van der Waals surface area contributed by atoms with Crippen molar-refractivity contribution in [2.75, 3.05) is 6.54 Å². The van der Waals surface area contributed by atoms with Gasteiger partial charge in [0.15, 0.2) is 8.24 Å². The molecule has 0 spiro atoms. The maximum absolute atomic E-state index is 13.2. The minimum Gasteiger partial charge on any atom is -0.444 e. The molecule has 0 aromatic carbocycles. The van der Waals surface area contributed by atoms with Gasteiger partial charge in [-0.05, 0) is 63.9 Å². The van der Waals surface area contributed by atoms with Gasteiger partial charge in [0.1, 0.15) is 19.7 Å². The minimum absolute atomic E-state index is 0.0336. The van der Waals surface area contributed by atoms with Crippen molar-refractivity contribution in [1.82, 2.24) is 4.90 Å². The van der Waals surface area contributed by atoms with Crippen molar-refractivity contribution in [2.45, 2.75) is 88.4 Å². The lowest BCUT2D eigenvalue weighted by atomic mass is 10.2. The van der Waals surface area contributed by atoms with Crippen LogP contribution in [0.25, 0.3) is 0 Å². The van der Waals surface area contributed by atoms with Gasteiger partial charge in [-0.2, -0.15) is 0 Å². The number of thiophene rings is 1. The van der Waals surface area contributed by atoms with Crippen molar-refractivity contribution >= 4 is 35.6 Å². The van der Waals surface area contributed by atoms with E-state index >= 15 is 0 Å². The van der Waals surface area contributed by atoms with E-state index in [0.29, 0.717) is 10.8 Å². The zero-order valence-electron chi connectivity index (χ0n) is 18.4. The molecular weight excluding hydrogens is 410 g/mol. The highest BCUT2D eigenvalue weighted by molar-refractivity contribution is 7.94. The van der Waals surface area contributed by atoms with Gasteiger partial charge < -0.3 is 9.64 Å². The zero-order valence-corrected chi connectivity index (χ0v) is 21.0. The van der Waals surface area contributed by atoms with E-state index in [1.165, 1.54) is 11.3 Å². The summed E-state index contributed by atoms with van der Waals surface area (Å²) in [5.41, 5.74) is -0.529. The Morgan fingerprint density at radius 3 is 2.43 bits per heavy atom. The van der Waals surface area contributed by atoms with Gasteiger partial charge in [0.2, 0.25) is 0 Å². The summed E-state index contributed by atoms with van der Waals surface area (Å²) in [6.07, 6.45) is 1.48. The summed E-state index contributed by atoms with van der Waals surface area (Å²) < 4.78 is 24.0. The van der Waals surface area contributed by atoms with Crippen molar-refractivity contribution in [2.24, 2.45) is 9.17 Å². The Kier molecular flexibility index (Phi) is 6.46. The average Bonchev–Trinajstić information content (AvgIpc) is 3.12. The highest BCUT2D eigenvalue weighted by atomic mass is 32.2. The number of carbonyl (C=O) groups excluding carboxylic acids is 1. The molecular formula is C19H35N3O3S2Si. The van der Waals surface area contributed by atoms with Gasteiger partial charge in [-0.1, -0.05) is 20.8 Å². The average molecular weight is 446 g/mol. The van der Waals surface area contributed by atoms with Crippen molar-refractivity contribution < 1.29 is 13.7 Å². The van der Waals surface area contributed by atoms with Gasteiger partial charge in [0.25, 0.3) is 0 Å². The zero-order chi connectivity index (χ0) is 21.5. The maximum Gasteiger partial charge on any atom is 0.410 e. The molecule has 1 aliphatic heterocycles. The third-order valence-corrected chi connectivity index (χ3v) is 14.5. The van der Waals surface area contributed by atoms with Crippen molar-refractivity contribution in [1.29, 1.82) is 0 Å². The van der Waals surface area contributed by atoms with Crippen LogP contribution < -0.4 is 5.14 Å². The Morgan fingerprint density at radius 2 is 1.89 bits per heavy atom. The third kappa shape index (κ3) is 5.37. The number of rotatable bonds is 3. The molecule has 1 unspecified atom stereocenters. The van der Waals surface area contributed by atoms with E-state index in [1.54, 1.807) is 4.90 Å². The number of carbonyl (C=O) groups is 1. The van der Waals surface area contributed by atoms with Gasteiger partial charge in [-0.15, -0.1) is 11.3 Å². The largest absolute Gasteiger partial charge is 0.444 e. The molecule has 160 valence electrons. The van der Waals surface area contributed by atoms with Gasteiger partial charge >= 0.3 is 6.09 Å². The number of ether oxygens (including phenoxy) is 1. The first kappa shape index (κ1) is 23.4. The summed E-state index contributed by atoms with van der Waals surface area (Å²) in [4.78, 5) is 15.3. The lowest BCUT2D eigenvalue weighted by Gasteiger charge is -2.32. The molecule has 0 aliphatic carbocycles. The number of nitrogens with two attached hydrogens (primary N) is 1. The second kappa shape index (κ2) is 7.74. The molecule has 1 aromatic rings. The number of hydrogen-bond acceptors (Lipinski definition) is 5. The van der Waals surface area contributed by atoms with Crippen LogP contribution in [0.3, 0.4) is 0 Å². The van der Waals surface area contributed by atoms with E-state index in [-0.39, 0.29) is 17.2 Å². The summed E-state index contributed by atoms with van der Waals surface area (Å²) in [7, 11) is -5.11. The molecule has 2 heterocycles. The molecule has 9 heteroatoms. The van der Waals surface area contributed by atoms with E-state index < -0.39 is 23.8 Å². The lowest BCUT2D eigenvalue weighted by Crippen LogP contribution is -2.37. The third-order valence-electron chi connectivity index (χ3n) is 5.30. The van der Waals surface area contributed by atoms with Crippen LogP contribution in [0.5, 0.6) is 0 Å². The number of hydrogen-bond donors (Lipinski definition) is 1. The second-order valence-corrected chi connectivity index (χ2v) is 18.3. The van der Waals surface area contributed by atoms with E-state index in [9.17, 15) is 9.00 Å². The Balaban J connectivity index is 2.30. The predicted octanol–water partition coefficient (Wildman–Crippen LogP) is 5.53. The Hall–Kier alpha value is -0.903. The molecule has 0 saturated carbocycles. The molecule has 28 heavy (non-hydrogen) atoms. The van der Waals surface area contributed by atoms with Gasteiger partial charge in [0, 0.05) is 11.4 Å². The SMILES string of the molecule is CC(C)(C)OC(=O)N1CCC[C@H]1c1ccc(S(N)(=O)=N[Si](C)(C)C(C)(C)C)s1. The van der Waals surface area contributed by atoms with Crippen LogP contribution in [0.4, 0.5) is 4.79 Å². The summed E-state index contributed by atoms with van der Waals surface area (Å²) in [5, 5.41) is 6.18. The van der Waals surface area contributed by atoms with Crippen LogP contribution >= 0.6 is 11.3 Å². The van der Waals surface area contributed by atoms with E-state index in [1.807, 2.05) is 32.9 Å². The quantitative estimate of drug-likeness (QED) is 0.621. The topological polar surface area (TPSA) is 85.0 Å². The summed E-state index contributed by atoms with van der Waals surface area (Å²) in [5.74, 6) is 0. The van der Waals surface area contributed by atoms with Gasteiger partial charge in [-0.3, -0.25) is 4.03 Å². The smallest absolute Gasteiger partial charge is 0.410 e. The van der Waals surface area contributed by atoms with Crippen LogP contribution in [0.2, 0.25) is 18.1 Å². The first-order valence-electron chi connectivity index (χ1n) is 9.69. The molecule has 1 aliphatic rings. The van der Waals surface area contributed by atoms with Gasteiger partial charge in [0.05, 0.1) is 6.04 Å². The van der Waals surface area contributed by atoms with E-state index in [2.05, 4.69) is 37.9 Å². The molecule has 2 N–H and O–H groups in total. The standard InChI is InChI=1S/C19H35N3O3S2Si/c1-18(2,3)25-17(23)22-13-9-10-14(22)15-11-12-16(26-15)27(20,24)21-28(7,8)19(4,5)6/h11-12,14H,9-10,13H2,1-8H3,(H2,20,21,24)/t14-,27?/m0/s1. The van der Waals surface area contributed by atoms with Crippen LogP contribution in [-0.4, -0.2) is 35.6 Å². The molecule has 6 nitrogen and oxygen atoms in total. The monoisotopic (exact) mass is 445 g/mol. The maximum atomic E-state index is 13.2. The highest BCUT2D eigenvalue weighted by Gasteiger charge is 2.38. The van der Waals surface area contributed by atoms with Crippen molar-refractivity contribution in [3.05, 3.63) is 17.0 Å². The fraction of sp³-hybridized carbons (Fsp3) is 0.737. The minimum atomic E-state index is -2.96. The van der Waals surface area contributed by atoms with E-state index in [4.69, 9.17) is 9.88 Å². The number of likely N-dealkylation sites (tertiary alicyclic amines) is 1. The number of nitrogens with zero attached hydrogens (tertiary/aromatic N) is 2. The normalized spacial score (nSPS) is 20.8. The van der Waals surface area contributed by atoms with Crippen molar-refractivity contribution in [3.63, 3.8) is 0 Å². The number of amides is 1. The Labute approximate surface area is 175 Å². The molecule has 1 amide bonds. The molecule has 0 bridgehead atoms. The van der Waals surface area contributed by atoms with Crippen LogP contribution in [0, 0.1) is 0 Å². The Morgan fingerprint density at radius 1 is 1.29 bits per heavy atom. The summed E-state index contributed by atoms with van der Waals surface area (Å²) in [6.45, 7) is 16.8. The second-order valence-electron chi connectivity index (χ2n) is 9.96. The molecule has 2 atom stereocenters. The molecule has 1 aromatic heterocycles. The molecule has 1 fully saturated rings. The summed E-state index contributed by atoms with van der Waals surface area (Å²) in [6, 6.07) is 3.68. The first-order valence-corrected chi connectivity index (χ1v) is 15.0. The predicted molar refractivity (Wildman–Crippen MR) is 119 cm³/mol. The fourth-order valence-electron chi connectivity index (χ4n) is 2.79.